The van der Waals surface area contributed by atoms with Gasteiger partial charge in [-0.15, -0.1) is 0 Å². The Balaban J connectivity index is 0.000000315. The second-order valence-corrected chi connectivity index (χ2v) is 4.13. The van der Waals surface area contributed by atoms with Gasteiger partial charge < -0.3 is 15.2 Å². The minimum atomic E-state index is -1.39. The summed E-state index contributed by atoms with van der Waals surface area (Å²) in [5.74, 6) is -4.38. The van der Waals surface area contributed by atoms with Crippen LogP contribution in [0.5, 0.6) is 0 Å². The Morgan fingerprint density at radius 2 is 1.62 bits per heavy atom. The highest BCUT2D eigenvalue weighted by Gasteiger charge is 2.14. The molecule has 1 heterocycles. The van der Waals surface area contributed by atoms with E-state index in [2.05, 4.69) is 4.98 Å². The van der Waals surface area contributed by atoms with Gasteiger partial charge in [-0.25, -0.2) is 9.59 Å². The van der Waals surface area contributed by atoms with Gasteiger partial charge in [0.1, 0.15) is 0 Å². The molecule has 0 amide bonds. The Morgan fingerprint density at radius 3 is 2.14 bits per heavy atom. The lowest BCUT2D eigenvalue weighted by Crippen LogP contribution is -2.14. The molecule has 21 heavy (non-hydrogen) atoms. The number of rotatable bonds is 4. The molecule has 0 saturated heterocycles. The first kappa shape index (κ1) is 16.1. The molecule has 0 fully saturated rings. The van der Waals surface area contributed by atoms with Crippen molar-refractivity contribution in [2.45, 2.75) is 13.3 Å². The summed E-state index contributed by atoms with van der Waals surface area (Å²) in [7, 11) is 0. The summed E-state index contributed by atoms with van der Waals surface area (Å²) in [6, 6.07) is 7.47. The van der Waals surface area contributed by atoms with Gasteiger partial charge in [0.2, 0.25) is 11.6 Å². The summed E-state index contributed by atoms with van der Waals surface area (Å²) in [6.45, 7) is 1.00. The molecule has 0 aliphatic carbocycles. The fourth-order valence-corrected chi connectivity index (χ4v) is 1.53. The van der Waals surface area contributed by atoms with Crippen molar-refractivity contribution >= 4 is 34.4 Å². The fraction of sp³-hybridized carbons (Fsp3) is 0.143. The van der Waals surface area contributed by atoms with E-state index in [9.17, 15) is 19.2 Å². The number of nitrogens with one attached hydrogen (secondary N) is 1. The number of carboxylic acids is 2. The van der Waals surface area contributed by atoms with Crippen molar-refractivity contribution in [1.82, 2.24) is 4.98 Å². The van der Waals surface area contributed by atoms with Crippen molar-refractivity contribution in [3.63, 3.8) is 0 Å². The van der Waals surface area contributed by atoms with E-state index in [1.807, 2.05) is 24.3 Å². The third-order valence-electron chi connectivity index (χ3n) is 2.57. The molecule has 0 spiro atoms. The van der Waals surface area contributed by atoms with Crippen LogP contribution in [0.3, 0.4) is 0 Å². The Hall–Kier alpha value is -2.96. The molecule has 0 aliphatic rings. The number of hydrogen-bond donors (Lipinski definition) is 3. The molecule has 7 heteroatoms. The van der Waals surface area contributed by atoms with Gasteiger partial charge in [-0.1, -0.05) is 18.2 Å². The smallest absolute Gasteiger partial charge is 0.372 e. The number of hydrogen-bond acceptors (Lipinski definition) is 4. The highest BCUT2D eigenvalue weighted by molar-refractivity contribution is 6.33. The summed E-state index contributed by atoms with van der Waals surface area (Å²) in [5.41, 5.74) is 1.63. The van der Waals surface area contributed by atoms with Crippen LogP contribution in [-0.4, -0.2) is 38.7 Å². The standard InChI is InChI=1S/C11H9NO3.C3H4O3/c13-10(11(14)15)5-7-6-12-9-4-2-1-3-8(7)9;1-2(4)3(5)6/h1-4,6,12H,5H2,(H,14,15);1H3,(H,5,6). The predicted molar refractivity (Wildman–Crippen MR) is 73.0 cm³/mol. The van der Waals surface area contributed by atoms with Crippen molar-refractivity contribution in [2.75, 3.05) is 0 Å². The molecule has 3 N–H and O–H groups in total. The molecular formula is C14H13NO6. The predicted octanol–water partition coefficient (Wildman–Crippen LogP) is 1.02. The molecule has 0 aliphatic heterocycles. The molecule has 2 aromatic rings. The van der Waals surface area contributed by atoms with E-state index in [4.69, 9.17) is 10.2 Å². The second kappa shape index (κ2) is 6.99. The second-order valence-electron chi connectivity index (χ2n) is 4.13. The first-order chi connectivity index (χ1) is 9.82. The summed E-state index contributed by atoms with van der Waals surface area (Å²) in [4.78, 5) is 43.3. The Bertz CT molecular complexity index is 688. The molecule has 0 saturated carbocycles. The normalized spacial score (nSPS) is 9.57. The molecule has 110 valence electrons. The third kappa shape index (κ3) is 4.57. The lowest BCUT2D eigenvalue weighted by Gasteiger charge is -1.94. The monoisotopic (exact) mass is 291 g/mol. The van der Waals surface area contributed by atoms with Crippen LogP contribution in [0.1, 0.15) is 12.5 Å². The van der Waals surface area contributed by atoms with Gasteiger partial charge in [-0.05, 0) is 11.6 Å². The number of fused-ring (bicyclic) bond motifs is 1. The van der Waals surface area contributed by atoms with E-state index in [1.54, 1.807) is 6.20 Å². The molecule has 0 unspecified atom stereocenters. The van der Waals surface area contributed by atoms with E-state index in [-0.39, 0.29) is 6.42 Å². The molecule has 1 aromatic carbocycles. The minimum absolute atomic E-state index is 0.0701. The van der Waals surface area contributed by atoms with Crippen molar-refractivity contribution in [3.05, 3.63) is 36.0 Å². The number of aromatic nitrogens is 1. The van der Waals surface area contributed by atoms with Crippen molar-refractivity contribution in [2.24, 2.45) is 0 Å². The van der Waals surface area contributed by atoms with E-state index in [0.717, 1.165) is 23.4 Å². The lowest BCUT2D eigenvalue weighted by molar-refractivity contribution is -0.148. The number of H-pyrrole nitrogens is 1. The van der Waals surface area contributed by atoms with E-state index < -0.39 is 23.5 Å². The average molecular weight is 291 g/mol. The van der Waals surface area contributed by atoms with Gasteiger partial charge >= 0.3 is 11.9 Å². The number of aromatic amines is 1. The van der Waals surface area contributed by atoms with Crippen LogP contribution in [0, 0.1) is 0 Å². The van der Waals surface area contributed by atoms with Crippen LogP contribution in [0.2, 0.25) is 0 Å². The Morgan fingerprint density at radius 1 is 1.05 bits per heavy atom. The van der Waals surface area contributed by atoms with Crippen molar-refractivity contribution in [3.8, 4) is 0 Å². The quantitative estimate of drug-likeness (QED) is 0.722. The first-order valence-corrected chi connectivity index (χ1v) is 5.88. The Labute approximate surface area is 119 Å². The van der Waals surface area contributed by atoms with Gasteiger partial charge in [-0.3, -0.25) is 9.59 Å². The summed E-state index contributed by atoms with van der Waals surface area (Å²) < 4.78 is 0. The summed E-state index contributed by atoms with van der Waals surface area (Å²) in [6.07, 6.45) is 1.60. The third-order valence-corrected chi connectivity index (χ3v) is 2.57. The van der Waals surface area contributed by atoms with Crippen LogP contribution in [0.4, 0.5) is 0 Å². The zero-order chi connectivity index (χ0) is 16.0. The van der Waals surface area contributed by atoms with Gasteiger partial charge in [0, 0.05) is 30.4 Å². The van der Waals surface area contributed by atoms with E-state index in [0.29, 0.717) is 0 Å². The lowest BCUT2D eigenvalue weighted by atomic mass is 10.1. The summed E-state index contributed by atoms with van der Waals surface area (Å²) in [5, 5.41) is 17.0. The van der Waals surface area contributed by atoms with E-state index in [1.165, 1.54) is 0 Å². The van der Waals surface area contributed by atoms with Crippen LogP contribution >= 0.6 is 0 Å². The number of carboxylic acid groups (broad SMARTS) is 2. The Kier molecular flexibility index (Phi) is 5.36. The first-order valence-electron chi connectivity index (χ1n) is 5.88. The number of para-hydroxylation sites is 1. The summed E-state index contributed by atoms with van der Waals surface area (Å²) >= 11 is 0. The molecule has 7 nitrogen and oxygen atoms in total. The van der Waals surface area contributed by atoms with Crippen LogP contribution in [-0.2, 0) is 25.6 Å². The number of benzene rings is 1. The SMILES string of the molecule is CC(=O)C(=O)O.O=C(O)C(=O)Cc1c[nH]c2ccccc12. The van der Waals surface area contributed by atoms with Gasteiger partial charge in [0.05, 0.1) is 0 Å². The van der Waals surface area contributed by atoms with Crippen LogP contribution in [0.15, 0.2) is 30.5 Å². The maximum absolute atomic E-state index is 11.0. The number of carbonyl (C=O) groups excluding carboxylic acids is 2. The highest BCUT2D eigenvalue weighted by atomic mass is 16.4. The maximum Gasteiger partial charge on any atom is 0.372 e. The fourth-order valence-electron chi connectivity index (χ4n) is 1.53. The number of ketones is 2. The molecule has 2 rings (SSSR count). The number of carbonyl (C=O) groups is 4. The number of aliphatic carboxylic acids is 2. The topological polar surface area (TPSA) is 125 Å². The van der Waals surface area contributed by atoms with Crippen molar-refractivity contribution < 1.29 is 29.4 Å². The largest absolute Gasteiger partial charge is 0.476 e. The van der Waals surface area contributed by atoms with Gasteiger partial charge in [0.15, 0.2) is 0 Å². The minimum Gasteiger partial charge on any atom is -0.476 e. The van der Waals surface area contributed by atoms with Gasteiger partial charge in [-0.2, -0.15) is 0 Å². The molecule has 1 aromatic heterocycles. The molecule has 0 radical (unpaired) electrons. The molecule has 0 atom stereocenters. The highest BCUT2D eigenvalue weighted by Crippen LogP contribution is 2.18. The van der Waals surface area contributed by atoms with E-state index >= 15 is 0 Å². The maximum atomic E-state index is 11.0. The number of Topliss-reactive ketones (excluding diaryl/α,β-unsaturated/α-hetero) is 2. The average Bonchev–Trinajstić information content (AvgIpc) is 2.82. The molecule has 0 bridgehead atoms. The zero-order valence-corrected chi connectivity index (χ0v) is 11.1. The van der Waals surface area contributed by atoms with Crippen LogP contribution in [0.25, 0.3) is 10.9 Å². The zero-order valence-electron chi connectivity index (χ0n) is 11.1. The van der Waals surface area contributed by atoms with Crippen LogP contribution < -0.4 is 0 Å². The van der Waals surface area contributed by atoms with Crippen molar-refractivity contribution in [1.29, 1.82) is 0 Å². The van der Waals surface area contributed by atoms with Gasteiger partial charge in [0.25, 0.3) is 0 Å². The molecular weight excluding hydrogens is 278 g/mol.